The molecule has 4 aliphatic carbocycles. The van der Waals surface area contributed by atoms with Crippen molar-refractivity contribution in [3.8, 4) is 0 Å². The number of aromatic nitrogens is 1. The van der Waals surface area contributed by atoms with Gasteiger partial charge in [0, 0.05) is 23.8 Å². The van der Waals surface area contributed by atoms with E-state index >= 15 is 0 Å². The number of nitrogens with zero attached hydrogens (tertiary/aromatic N) is 1. The molecule has 0 saturated heterocycles. The van der Waals surface area contributed by atoms with Crippen molar-refractivity contribution in [2.75, 3.05) is 7.05 Å². The first-order chi connectivity index (χ1) is 15.4. The Balaban J connectivity index is 1.33. The van der Waals surface area contributed by atoms with Gasteiger partial charge in [-0.3, -0.25) is 4.98 Å². The van der Waals surface area contributed by atoms with Crippen LogP contribution >= 0.6 is 0 Å². The second kappa shape index (κ2) is 7.16. The van der Waals surface area contributed by atoms with Crippen molar-refractivity contribution >= 4 is 16.3 Å². The molecule has 7 atom stereocenters. The summed E-state index contributed by atoms with van der Waals surface area (Å²) >= 11 is 0. The van der Waals surface area contributed by atoms with Gasteiger partial charge in [-0.15, -0.1) is 0 Å². The van der Waals surface area contributed by atoms with E-state index in [9.17, 15) is 0 Å². The first-order valence-electron chi connectivity index (χ1n) is 13.1. The molecule has 4 aliphatic rings. The molecule has 2 heteroatoms. The summed E-state index contributed by atoms with van der Waals surface area (Å²) in [4.78, 5) is 4.38. The van der Waals surface area contributed by atoms with Crippen LogP contribution in [0.3, 0.4) is 0 Å². The lowest BCUT2D eigenvalue weighted by molar-refractivity contribution is -0.137. The Morgan fingerprint density at radius 2 is 1.81 bits per heavy atom. The second-order valence-corrected chi connectivity index (χ2v) is 12.3. The normalized spacial score (nSPS) is 43.3. The number of benzene rings is 1. The maximum atomic E-state index is 4.38. The lowest BCUT2D eigenvalue weighted by Gasteiger charge is -2.64. The third-order valence-corrected chi connectivity index (χ3v) is 11.4. The van der Waals surface area contributed by atoms with E-state index in [1.165, 1.54) is 67.7 Å². The average molecular weight is 429 g/mol. The number of rotatable bonds is 2. The zero-order valence-electron chi connectivity index (χ0n) is 20.5. The summed E-state index contributed by atoms with van der Waals surface area (Å²) in [5.41, 5.74) is 4.29. The lowest BCUT2D eigenvalue weighted by Crippen LogP contribution is -2.58. The highest BCUT2D eigenvalue weighted by molar-refractivity contribution is 5.87. The van der Waals surface area contributed by atoms with E-state index in [1.807, 2.05) is 12.4 Å². The molecule has 0 amide bonds. The molecular formula is C30H40N2. The van der Waals surface area contributed by atoms with Crippen LogP contribution in [-0.2, 0) is 0 Å². The van der Waals surface area contributed by atoms with Crippen LogP contribution in [0, 0.1) is 34.0 Å². The summed E-state index contributed by atoms with van der Waals surface area (Å²) in [6.07, 6.45) is 17.7. The average Bonchev–Trinajstić information content (AvgIpc) is 3.09. The molecule has 0 aliphatic heterocycles. The molecule has 170 valence electrons. The standard InChI is InChI=1S/C30H40N2/c1-28-13-9-24(31-4)18-23(28)7-8-27-26(28)11-15-29(2)25(10-14-30(27,29)3)21-6-5-20-12-16-32-19-22(20)17-21/h5-6,10,12,16-17,19,23-24,26-27,31H,7-9,11,13-15,18H2,1-4H3/t23?,24-,26?,27+,28-,29+,30-/m0/s1. The van der Waals surface area contributed by atoms with Gasteiger partial charge < -0.3 is 5.32 Å². The van der Waals surface area contributed by atoms with Crippen LogP contribution < -0.4 is 5.32 Å². The Hall–Kier alpha value is -1.67. The van der Waals surface area contributed by atoms with Gasteiger partial charge >= 0.3 is 0 Å². The number of pyridine rings is 1. The van der Waals surface area contributed by atoms with Gasteiger partial charge in [0.1, 0.15) is 0 Å². The minimum atomic E-state index is 0.287. The van der Waals surface area contributed by atoms with Crippen molar-refractivity contribution in [1.82, 2.24) is 10.3 Å². The van der Waals surface area contributed by atoms with Gasteiger partial charge in [-0.05, 0) is 121 Å². The van der Waals surface area contributed by atoms with E-state index < -0.39 is 0 Å². The molecule has 3 fully saturated rings. The van der Waals surface area contributed by atoms with Gasteiger partial charge in [-0.1, -0.05) is 39.0 Å². The highest BCUT2D eigenvalue weighted by atomic mass is 14.9. The SMILES string of the molecule is CN[C@H]1CC[C@@]2(C)C(CC[C@@H]3C2CC[C@]2(C)C(c4ccc5ccncc5c4)=CC[C@@]32C)C1. The Morgan fingerprint density at radius 1 is 0.938 bits per heavy atom. The minimum Gasteiger partial charge on any atom is -0.317 e. The molecule has 1 N–H and O–H groups in total. The summed E-state index contributed by atoms with van der Waals surface area (Å²) < 4.78 is 0. The highest BCUT2D eigenvalue weighted by Gasteiger charge is 2.63. The fourth-order valence-electron chi connectivity index (χ4n) is 9.14. The fourth-order valence-corrected chi connectivity index (χ4v) is 9.14. The van der Waals surface area contributed by atoms with Crippen molar-refractivity contribution < 1.29 is 0 Å². The number of allylic oxidation sites excluding steroid dienone is 2. The van der Waals surface area contributed by atoms with Crippen molar-refractivity contribution in [3.05, 3.63) is 48.3 Å². The molecular weight excluding hydrogens is 388 g/mol. The first-order valence-corrected chi connectivity index (χ1v) is 13.1. The molecule has 6 rings (SSSR count). The fraction of sp³-hybridized carbons (Fsp3) is 0.633. The van der Waals surface area contributed by atoms with E-state index in [1.54, 1.807) is 5.57 Å². The molecule has 1 aromatic heterocycles. The summed E-state index contributed by atoms with van der Waals surface area (Å²) in [7, 11) is 2.17. The van der Waals surface area contributed by atoms with Crippen LogP contribution in [0.4, 0.5) is 0 Å². The molecule has 2 unspecified atom stereocenters. The van der Waals surface area contributed by atoms with Crippen molar-refractivity contribution in [3.63, 3.8) is 0 Å². The number of hydrogen-bond donors (Lipinski definition) is 1. The van der Waals surface area contributed by atoms with E-state index in [-0.39, 0.29) is 5.41 Å². The molecule has 32 heavy (non-hydrogen) atoms. The van der Waals surface area contributed by atoms with E-state index in [2.05, 4.69) is 68.5 Å². The Morgan fingerprint density at radius 3 is 2.66 bits per heavy atom. The minimum absolute atomic E-state index is 0.287. The van der Waals surface area contributed by atoms with Crippen LogP contribution in [0.2, 0.25) is 0 Å². The molecule has 2 nitrogen and oxygen atoms in total. The third-order valence-electron chi connectivity index (χ3n) is 11.4. The van der Waals surface area contributed by atoms with Gasteiger partial charge in [0.25, 0.3) is 0 Å². The molecule has 0 bridgehead atoms. The predicted molar refractivity (Wildman–Crippen MR) is 134 cm³/mol. The third kappa shape index (κ3) is 2.71. The zero-order valence-corrected chi connectivity index (χ0v) is 20.5. The van der Waals surface area contributed by atoms with Gasteiger partial charge in [-0.25, -0.2) is 0 Å². The van der Waals surface area contributed by atoms with Crippen LogP contribution in [0.1, 0.15) is 77.7 Å². The Labute approximate surface area is 194 Å². The van der Waals surface area contributed by atoms with Crippen LogP contribution in [0.25, 0.3) is 16.3 Å². The summed E-state index contributed by atoms with van der Waals surface area (Å²) in [6, 6.07) is 9.94. The van der Waals surface area contributed by atoms with Crippen molar-refractivity contribution in [2.45, 2.75) is 78.2 Å². The summed E-state index contributed by atoms with van der Waals surface area (Å²) in [6.45, 7) is 7.96. The summed E-state index contributed by atoms with van der Waals surface area (Å²) in [5, 5.41) is 6.16. The monoisotopic (exact) mass is 428 g/mol. The first kappa shape index (κ1) is 20.9. The topological polar surface area (TPSA) is 24.9 Å². The van der Waals surface area contributed by atoms with Crippen LogP contribution in [0.5, 0.6) is 0 Å². The predicted octanol–water partition coefficient (Wildman–Crippen LogP) is 7.25. The zero-order chi connectivity index (χ0) is 22.1. The highest BCUT2D eigenvalue weighted by Crippen LogP contribution is 2.72. The molecule has 0 radical (unpaired) electrons. The molecule has 1 heterocycles. The lowest BCUT2D eigenvalue weighted by atomic mass is 9.40. The van der Waals surface area contributed by atoms with Gasteiger partial charge in [0.05, 0.1) is 0 Å². The van der Waals surface area contributed by atoms with Gasteiger partial charge in [0.15, 0.2) is 0 Å². The second-order valence-electron chi connectivity index (χ2n) is 12.3. The van der Waals surface area contributed by atoms with Crippen LogP contribution in [-0.4, -0.2) is 18.1 Å². The van der Waals surface area contributed by atoms with E-state index in [0.29, 0.717) is 10.8 Å². The van der Waals surface area contributed by atoms with Crippen molar-refractivity contribution in [2.24, 2.45) is 34.0 Å². The van der Waals surface area contributed by atoms with E-state index in [0.717, 1.165) is 23.8 Å². The Bertz CT molecular complexity index is 1070. The smallest absolute Gasteiger partial charge is 0.0346 e. The number of fused-ring (bicyclic) bond motifs is 6. The maximum Gasteiger partial charge on any atom is 0.0346 e. The number of nitrogens with one attached hydrogen (secondary N) is 1. The molecule has 1 aromatic carbocycles. The quantitative estimate of drug-likeness (QED) is 0.545. The largest absolute Gasteiger partial charge is 0.317 e. The van der Waals surface area contributed by atoms with Gasteiger partial charge in [0.2, 0.25) is 0 Å². The van der Waals surface area contributed by atoms with Crippen molar-refractivity contribution in [1.29, 1.82) is 0 Å². The molecule has 0 spiro atoms. The summed E-state index contributed by atoms with van der Waals surface area (Å²) in [5.74, 6) is 2.69. The molecule has 3 saturated carbocycles. The Kier molecular flexibility index (Phi) is 4.68. The van der Waals surface area contributed by atoms with Crippen LogP contribution in [0.15, 0.2) is 42.7 Å². The molecule has 2 aromatic rings. The maximum absolute atomic E-state index is 4.38. The number of hydrogen-bond acceptors (Lipinski definition) is 2. The van der Waals surface area contributed by atoms with E-state index in [4.69, 9.17) is 0 Å². The van der Waals surface area contributed by atoms with Gasteiger partial charge in [-0.2, -0.15) is 0 Å².